The normalized spacial score (nSPS) is 12.4. The number of hydrogen-bond acceptors (Lipinski definition) is 2. The van der Waals surface area contributed by atoms with Gasteiger partial charge >= 0.3 is 6.18 Å². The molecule has 0 saturated carbocycles. The maximum absolute atomic E-state index is 11.0. The van der Waals surface area contributed by atoms with E-state index in [4.69, 9.17) is 10.6 Å². The topological polar surface area (TPSA) is 51.2 Å². The first-order valence-electron chi connectivity index (χ1n) is 1.67. The van der Waals surface area contributed by atoms with Crippen molar-refractivity contribution in [2.75, 3.05) is 0 Å². The van der Waals surface area contributed by atoms with Crippen LogP contribution in [0.4, 0.5) is 13.2 Å². The van der Waals surface area contributed by atoms with Gasteiger partial charge in [-0.1, -0.05) is 15.9 Å². The van der Waals surface area contributed by atoms with E-state index in [-0.39, 0.29) is 0 Å². The summed E-state index contributed by atoms with van der Waals surface area (Å²) in [4.78, 5) is 0. The van der Waals surface area contributed by atoms with E-state index < -0.39 is 10.5 Å². The van der Waals surface area contributed by atoms with Gasteiger partial charge in [-0.2, -0.15) is 13.2 Å². The molecule has 8 heteroatoms. The van der Waals surface area contributed by atoms with E-state index in [0.29, 0.717) is 0 Å². The molecule has 60 valence electrons. The molecule has 1 atom stereocenters. The summed E-state index contributed by atoms with van der Waals surface area (Å²) in [6.45, 7) is 0. The molecule has 0 N–H and O–H groups in total. The van der Waals surface area contributed by atoms with Crippen LogP contribution in [0.1, 0.15) is 0 Å². The van der Waals surface area contributed by atoms with Gasteiger partial charge in [0, 0.05) is 0 Å². The molecule has 0 aliphatic carbocycles. The highest BCUT2D eigenvalue weighted by molar-refractivity contribution is 9.10. The van der Waals surface area contributed by atoms with Gasteiger partial charge in [0.2, 0.25) is 10.5 Å². The van der Waals surface area contributed by atoms with Crippen molar-refractivity contribution in [1.29, 1.82) is 5.39 Å². The number of halogens is 5. The van der Waals surface area contributed by atoms with Crippen molar-refractivity contribution in [3.05, 3.63) is 10.3 Å². The van der Waals surface area contributed by atoms with Crippen LogP contribution in [0.5, 0.6) is 0 Å². The fourth-order valence-corrected chi connectivity index (χ4v) is 0. The predicted molar refractivity (Wildman–Crippen MR) is 33.1 cm³/mol. The van der Waals surface area contributed by atoms with Crippen LogP contribution in [0, 0.1) is 10.6 Å². The molecular weight excluding hydrogens is 240 g/mol. The lowest BCUT2D eigenvalue weighted by molar-refractivity contribution is -0.112. The van der Waals surface area contributed by atoms with Crippen LogP contribution >= 0.6 is 27.5 Å². The minimum Gasteiger partial charge on any atom is -0.463 e. The summed E-state index contributed by atoms with van der Waals surface area (Å²) in [6, 6.07) is 0. The molecule has 0 aliphatic heterocycles. The summed E-state index contributed by atoms with van der Waals surface area (Å²) in [5.74, 6) is 0. The van der Waals surface area contributed by atoms with Gasteiger partial charge < -0.3 is 5.21 Å². The molecule has 0 saturated heterocycles. The van der Waals surface area contributed by atoms with Crippen molar-refractivity contribution in [3.8, 4) is 0 Å². The van der Waals surface area contributed by atoms with Gasteiger partial charge in [0.15, 0.2) is 4.29 Å². The molecule has 0 aromatic carbocycles. The zero-order valence-electron chi connectivity index (χ0n) is 4.27. The van der Waals surface area contributed by atoms with E-state index in [9.17, 15) is 13.2 Å². The van der Waals surface area contributed by atoms with Crippen LogP contribution in [0.2, 0.25) is 0 Å². The van der Waals surface area contributed by atoms with Gasteiger partial charge in [0.1, 0.15) is 0 Å². The van der Waals surface area contributed by atoms with Gasteiger partial charge in [-0.25, -0.2) is 0 Å². The average Bonchev–Trinajstić information content (AvgIpc) is 1.64. The Morgan fingerprint density at radius 2 is 1.70 bits per heavy atom. The summed E-state index contributed by atoms with van der Waals surface area (Å²) in [5, 5.41) is 16.0. The highest BCUT2D eigenvalue weighted by atomic mass is 79.9. The molecule has 0 amide bonds. The molecule has 10 heavy (non-hydrogen) atoms. The van der Waals surface area contributed by atoms with E-state index in [0.717, 1.165) is 0 Å². The molecule has 0 radical (unpaired) electrons. The Kier molecular flexibility index (Phi) is 6.92. The maximum atomic E-state index is 11.0. The minimum atomic E-state index is -4.32. The van der Waals surface area contributed by atoms with Crippen molar-refractivity contribution < 1.29 is 13.2 Å². The van der Waals surface area contributed by atoms with E-state index in [1.165, 1.54) is 5.14 Å². The van der Waals surface area contributed by atoms with Crippen LogP contribution in [0.15, 0.2) is 0 Å². The number of hydrogen-bond donors (Lipinski definition) is 0. The van der Waals surface area contributed by atoms with Gasteiger partial charge in [-0.05, 0) is 0 Å². The summed E-state index contributed by atoms with van der Waals surface area (Å²) in [5.41, 5.74) is 0. The van der Waals surface area contributed by atoms with Crippen LogP contribution in [-0.4, -0.2) is 10.5 Å². The monoisotopic (exact) mass is 240 g/mol. The largest absolute Gasteiger partial charge is 0.463 e. The second-order valence-electron chi connectivity index (χ2n) is 0.924. The zero-order valence-corrected chi connectivity index (χ0v) is 6.61. The smallest absolute Gasteiger partial charge is 0.414 e. The molecule has 0 aliphatic rings. The van der Waals surface area contributed by atoms with Crippen molar-refractivity contribution >= 4 is 27.5 Å². The Labute approximate surface area is 67.5 Å². The summed E-state index contributed by atoms with van der Waals surface area (Å²) in [6.07, 6.45) is -4.32. The SMILES string of the molecule is FC(F)(F)C(Cl)Br.N#[N+][O-]. The van der Waals surface area contributed by atoms with Crippen LogP contribution < -0.4 is 0 Å². The molecule has 0 aromatic rings. The highest BCUT2D eigenvalue weighted by Crippen LogP contribution is 2.28. The van der Waals surface area contributed by atoms with E-state index in [2.05, 4.69) is 27.5 Å². The third-order valence-electron chi connectivity index (χ3n) is 0.247. The average molecular weight is 241 g/mol. The summed E-state index contributed by atoms with van der Waals surface area (Å²) in [7, 11) is 0. The second kappa shape index (κ2) is 5.56. The summed E-state index contributed by atoms with van der Waals surface area (Å²) >= 11 is 6.68. The molecule has 0 bridgehead atoms. The quantitative estimate of drug-likeness (QED) is 0.372. The fraction of sp³-hybridized carbons (Fsp3) is 1.00. The molecule has 0 spiro atoms. The maximum Gasteiger partial charge on any atom is 0.414 e. The lowest BCUT2D eigenvalue weighted by atomic mass is 10.8. The lowest BCUT2D eigenvalue weighted by Crippen LogP contribution is -2.16. The van der Waals surface area contributed by atoms with Crippen molar-refractivity contribution in [1.82, 2.24) is 0 Å². The van der Waals surface area contributed by atoms with Crippen LogP contribution in [-0.2, 0) is 0 Å². The standard InChI is InChI=1S/C2HBrClF3.N2O/c3-1(4)2(5,6)7;1-2-3/h1H;. The summed E-state index contributed by atoms with van der Waals surface area (Å²) < 4.78 is 31.1. The number of rotatable bonds is 0. The zero-order chi connectivity index (χ0) is 8.78. The molecule has 1 unspecified atom stereocenters. The third kappa shape index (κ3) is 10.7. The molecule has 0 fully saturated rings. The Balaban J connectivity index is 0. The Morgan fingerprint density at radius 1 is 1.60 bits per heavy atom. The number of alkyl halides is 5. The number of nitrogens with zero attached hydrogens (tertiary/aromatic N) is 2. The Hall–Kier alpha value is -0.220. The highest BCUT2D eigenvalue weighted by Gasteiger charge is 2.35. The molecule has 0 heterocycles. The fourth-order valence-electron chi connectivity index (χ4n) is 0. The Bertz CT molecular complexity index is 121. The first-order valence-corrected chi connectivity index (χ1v) is 3.03. The molecular formula is C2HBrClF3N2O. The molecule has 0 aromatic heterocycles. The number of diazo groups is 1. The van der Waals surface area contributed by atoms with Crippen LogP contribution in [0.3, 0.4) is 0 Å². The third-order valence-corrected chi connectivity index (χ3v) is 1.01. The van der Waals surface area contributed by atoms with Crippen molar-refractivity contribution in [2.24, 2.45) is 0 Å². The molecule has 0 rings (SSSR count). The van der Waals surface area contributed by atoms with Crippen LogP contribution in [0.25, 0.3) is 5.14 Å². The van der Waals surface area contributed by atoms with Gasteiger partial charge in [-0.15, -0.1) is 11.6 Å². The second-order valence-corrected chi connectivity index (χ2v) is 2.80. The van der Waals surface area contributed by atoms with Crippen molar-refractivity contribution in [3.63, 3.8) is 0 Å². The first-order chi connectivity index (χ1) is 4.36. The van der Waals surface area contributed by atoms with E-state index in [1.807, 2.05) is 0 Å². The van der Waals surface area contributed by atoms with Gasteiger partial charge in [0.25, 0.3) is 0 Å². The van der Waals surface area contributed by atoms with E-state index >= 15 is 0 Å². The minimum absolute atomic E-state index is 1.25. The first kappa shape index (κ1) is 12.5. The Morgan fingerprint density at radius 3 is 1.70 bits per heavy atom. The van der Waals surface area contributed by atoms with Crippen molar-refractivity contribution in [2.45, 2.75) is 10.5 Å². The van der Waals surface area contributed by atoms with Gasteiger partial charge in [-0.3, -0.25) is 0 Å². The lowest BCUT2D eigenvalue weighted by Gasteiger charge is -2.03. The molecule has 3 nitrogen and oxygen atoms in total. The van der Waals surface area contributed by atoms with Gasteiger partial charge in [0.05, 0.1) is 0 Å². The predicted octanol–water partition coefficient (Wildman–Crippen LogP) is 2.85. The van der Waals surface area contributed by atoms with E-state index in [1.54, 1.807) is 0 Å².